The number of hydrogen-bond donors (Lipinski definition) is 2. The van der Waals surface area contributed by atoms with Crippen LogP contribution in [0.3, 0.4) is 0 Å². The predicted molar refractivity (Wildman–Crippen MR) is 248 cm³/mol. The zero-order valence-corrected chi connectivity index (χ0v) is 39.0. The summed E-state index contributed by atoms with van der Waals surface area (Å²) in [5.41, 5.74) is 6.43. The molecule has 0 saturated carbocycles. The van der Waals surface area contributed by atoms with Gasteiger partial charge >= 0.3 is 12.1 Å². The van der Waals surface area contributed by atoms with Crippen molar-refractivity contribution in [3.05, 3.63) is 90.3 Å². The minimum atomic E-state index is -4.60. The highest BCUT2D eigenvalue weighted by atomic mass is 19.4. The predicted octanol–water partition coefficient (Wildman–Crippen LogP) is 7.23. The molecule has 0 unspecified atom stereocenters. The molecule has 6 bridgehead atoms. The van der Waals surface area contributed by atoms with E-state index in [9.17, 15) is 32.3 Å². The van der Waals surface area contributed by atoms with E-state index < -0.39 is 54.1 Å². The van der Waals surface area contributed by atoms with Crippen LogP contribution in [0.4, 0.5) is 13.2 Å². The second kappa shape index (κ2) is 20.9. The van der Waals surface area contributed by atoms with Gasteiger partial charge in [0, 0.05) is 61.3 Å². The highest BCUT2D eigenvalue weighted by Gasteiger charge is 2.39. The van der Waals surface area contributed by atoms with Gasteiger partial charge in [0.2, 0.25) is 11.8 Å². The number of amides is 3. The number of esters is 1. The number of ether oxygens (including phenoxy) is 3. The van der Waals surface area contributed by atoms with Crippen LogP contribution in [0.5, 0.6) is 0 Å². The average Bonchev–Trinajstić information content (AvgIpc) is 3.54. The fourth-order valence-electron chi connectivity index (χ4n) is 8.86. The van der Waals surface area contributed by atoms with E-state index in [0.717, 1.165) is 5.56 Å². The van der Waals surface area contributed by atoms with Crippen LogP contribution in [0.25, 0.3) is 27.6 Å². The molecule has 3 amide bonds. The molecule has 2 fully saturated rings. The van der Waals surface area contributed by atoms with Crippen LogP contribution in [0.1, 0.15) is 71.2 Å². The monoisotopic (exact) mass is 916 g/mol. The molecule has 2 aromatic carbocycles. The fourth-order valence-corrected chi connectivity index (χ4v) is 8.86. The van der Waals surface area contributed by atoms with Gasteiger partial charge in [-0.1, -0.05) is 77.3 Å². The molecule has 2 saturated heterocycles. The van der Waals surface area contributed by atoms with Crippen LogP contribution in [-0.4, -0.2) is 115 Å². The lowest BCUT2D eigenvalue weighted by Gasteiger charge is -2.39. The number of aromatic nitrogens is 1. The lowest BCUT2D eigenvalue weighted by atomic mass is 9.84. The third kappa shape index (κ3) is 11.5. The number of methoxy groups -OCH3 is 1. The van der Waals surface area contributed by atoms with Crippen LogP contribution < -0.4 is 10.7 Å². The fraction of sp³-hybridized carbons (Fsp3) is 0.500. The van der Waals surface area contributed by atoms with Crippen molar-refractivity contribution < 1.29 is 46.6 Å². The number of nitrogens with zero attached hydrogens (tertiary/aromatic N) is 4. The first-order chi connectivity index (χ1) is 31.3. The van der Waals surface area contributed by atoms with Crippen LogP contribution in [0, 0.1) is 17.3 Å². The molecule has 3 aliphatic heterocycles. The molecular formula is C50H63F3N6O7. The minimum Gasteiger partial charge on any atom is -0.464 e. The maximum Gasteiger partial charge on any atom is 0.406 e. The number of halogens is 3. The van der Waals surface area contributed by atoms with Crippen molar-refractivity contribution in [2.24, 2.45) is 22.2 Å². The molecule has 4 heterocycles. The molecule has 356 valence electrons. The molecular weight excluding hydrogens is 854 g/mol. The first-order valence-corrected chi connectivity index (χ1v) is 22.5. The van der Waals surface area contributed by atoms with E-state index in [1.54, 1.807) is 37.1 Å². The van der Waals surface area contributed by atoms with Crippen molar-refractivity contribution in [1.82, 2.24) is 25.2 Å². The maximum atomic E-state index is 14.7. The Balaban J connectivity index is 1.46. The van der Waals surface area contributed by atoms with Crippen molar-refractivity contribution in [1.29, 1.82) is 0 Å². The summed E-state index contributed by atoms with van der Waals surface area (Å²) in [7, 11) is 1.50. The topological polar surface area (TPSA) is 144 Å². The SMILES string of the molecule is C=CC(=O)N1CC(OC[C@H](C(=O)N[C@H]2Cc3cccc(c3)-c3ccc4c(c3)c(c(/C(C=C)=C(/N=C\C)[C@H](C)OC)n4CC(F)(F)F)CC(C)(C)COC(=O)[C@@H]3CCCN(N3)C2=O)C(C)C)C1. The third-order valence-electron chi connectivity index (χ3n) is 12.5. The average molecular weight is 917 g/mol. The van der Waals surface area contributed by atoms with Gasteiger partial charge in [0.05, 0.1) is 42.7 Å². The number of fused-ring (bicyclic) bond motifs is 6. The number of nitrogens with one attached hydrogen (secondary N) is 2. The molecule has 2 N–H and O–H groups in total. The number of allylic oxidation sites excluding steroid dienone is 2. The van der Waals surface area contributed by atoms with Crippen molar-refractivity contribution in [3.63, 3.8) is 0 Å². The summed E-state index contributed by atoms with van der Waals surface area (Å²) in [6.45, 7) is 18.4. The number of carbonyl (C=O) groups is 4. The Morgan fingerprint density at radius 3 is 2.45 bits per heavy atom. The zero-order valence-electron chi connectivity index (χ0n) is 39.0. The smallest absolute Gasteiger partial charge is 0.406 e. The molecule has 4 atom stereocenters. The van der Waals surface area contributed by atoms with Gasteiger partial charge in [-0.2, -0.15) is 13.2 Å². The van der Waals surface area contributed by atoms with Crippen LogP contribution >= 0.6 is 0 Å². The van der Waals surface area contributed by atoms with E-state index >= 15 is 0 Å². The Morgan fingerprint density at radius 2 is 1.80 bits per heavy atom. The number of benzene rings is 2. The summed E-state index contributed by atoms with van der Waals surface area (Å²) in [6.07, 6.45) is 0.0299. The molecule has 0 radical (unpaired) electrons. The summed E-state index contributed by atoms with van der Waals surface area (Å²) in [4.78, 5) is 60.7. The van der Waals surface area contributed by atoms with Crippen LogP contribution in [0.2, 0.25) is 0 Å². The number of alkyl halides is 3. The number of carbonyl (C=O) groups excluding carboxylic acids is 4. The van der Waals surface area contributed by atoms with E-state index in [-0.39, 0.29) is 62.1 Å². The van der Waals surface area contributed by atoms with Crippen LogP contribution in [-0.2, 0) is 52.8 Å². The molecule has 0 aliphatic carbocycles. The van der Waals surface area contributed by atoms with E-state index in [0.29, 0.717) is 64.8 Å². The third-order valence-corrected chi connectivity index (χ3v) is 12.5. The van der Waals surface area contributed by atoms with Crippen molar-refractivity contribution >= 4 is 46.4 Å². The lowest BCUT2D eigenvalue weighted by molar-refractivity contribution is -0.155. The second-order valence-corrected chi connectivity index (χ2v) is 18.5. The highest BCUT2D eigenvalue weighted by Crippen LogP contribution is 2.41. The van der Waals surface area contributed by atoms with Gasteiger partial charge < -0.3 is 29.0 Å². The highest BCUT2D eigenvalue weighted by molar-refractivity contribution is 5.96. The van der Waals surface area contributed by atoms with Gasteiger partial charge in [0.1, 0.15) is 18.6 Å². The summed E-state index contributed by atoms with van der Waals surface area (Å²) in [5.74, 6) is -2.38. The first-order valence-electron chi connectivity index (χ1n) is 22.5. The largest absolute Gasteiger partial charge is 0.464 e. The number of hydrogen-bond acceptors (Lipinski definition) is 9. The van der Waals surface area contributed by atoms with Crippen molar-refractivity contribution in [3.8, 4) is 11.1 Å². The lowest BCUT2D eigenvalue weighted by Crippen LogP contribution is -2.61. The van der Waals surface area contributed by atoms with E-state index in [1.807, 2.05) is 58.0 Å². The molecule has 3 aromatic rings. The van der Waals surface area contributed by atoms with Crippen molar-refractivity contribution in [2.45, 2.75) is 104 Å². The molecule has 6 rings (SSSR count). The Bertz CT molecular complexity index is 2380. The Labute approximate surface area is 385 Å². The molecule has 3 aliphatic rings. The van der Waals surface area contributed by atoms with Gasteiger partial charge in [-0.3, -0.25) is 29.2 Å². The minimum absolute atomic E-state index is 0.0758. The summed E-state index contributed by atoms with van der Waals surface area (Å²) in [6, 6.07) is 10.9. The molecule has 1 aromatic heterocycles. The van der Waals surface area contributed by atoms with E-state index in [4.69, 9.17) is 14.2 Å². The number of rotatable bonds is 13. The van der Waals surface area contributed by atoms with Gasteiger partial charge in [-0.05, 0) is 79.5 Å². The number of likely N-dealkylation sites (tertiary alicyclic amines) is 1. The maximum absolute atomic E-state index is 14.7. The number of hydrazine groups is 1. The first kappa shape index (κ1) is 49.8. The quantitative estimate of drug-likeness (QED) is 0.0792. The normalized spacial score (nSPS) is 20.9. The molecule has 13 nitrogen and oxygen atoms in total. The van der Waals surface area contributed by atoms with Crippen LogP contribution in [0.15, 0.2) is 78.5 Å². The molecule has 16 heteroatoms. The number of aliphatic imine (C=N–C) groups is 1. The second-order valence-electron chi connectivity index (χ2n) is 18.5. The Kier molecular flexibility index (Phi) is 15.8. The number of cyclic esters (lactones) is 1. The summed E-state index contributed by atoms with van der Waals surface area (Å²) in [5, 5.41) is 4.97. The van der Waals surface area contributed by atoms with Crippen molar-refractivity contribution in [2.75, 3.05) is 40.0 Å². The molecule has 66 heavy (non-hydrogen) atoms. The Morgan fingerprint density at radius 1 is 1.08 bits per heavy atom. The summed E-state index contributed by atoms with van der Waals surface area (Å²) >= 11 is 0. The Hall–Kier alpha value is -5.58. The zero-order chi connectivity index (χ0) is 48.1. The van der Waals surface area contributed by atoms with E-state index in [1.165, 1.54) is 28.8 Å². The van der Waals surface area contributed by atoms with Gasteiger partial charge in [0.25, 0.3) is 5.91 Å². The van der Waals surface area contributed by atoms with E-state index in [2.05, 4.69) is 28.9 Å². The standard InChI is InChI=1S/C50H63F3N6O7/c1-10-36(44(54-12-3)31(6)64-9)45-38-24-49(7,8)29-66-48(63)40-17-14-20-59(56-40)47(62)41(55-46(61)39(30(4)5)27-65-35-25-57(26-35)43(60)11-2)22-32-15-13-16-33(21-32)34-18-19-42(37(38)23-34)58(45)28-50(51,52)53/h10-13,15-16,18-19,21,23,30-31,35,39-41,56H,1-2,14,17,20,22,24-29H2,3-9H3,(H,55,61)/b44-36+,54-12-/t31-,39-,40-,41-/m0/s1. The van der Waals surface area contributed by atoms with Gasteiger partial charge in [-0.15, -0.1) is 0 Å². The summed E-state index contributed by atoms with van der Waals surface area (Å²) < 4.78 is 63.1. The van der Waals surface area contributed by atoms with Gasteiger partial charge in [0.15, 0.2) is 0 Å². The molecule has 0 spiro atoms. The van der Waals surface area contributed by atoms with Gasteiger partial charge in [-0.25, -0.2) is 5.43 Å².